The third kappa shape index (κ3) is 2.77. The van der Waals surface area contributed by atoms with Gasteiger partial charge >= 0.3 is 0 Å². The Morgan fingerprint density at radius 3 is 2.87 bits per heavy atom. The summed E-state index contributed by atoms with van der Waals surface area (Å²) < 4.78 is 0. The average molecular weight is 204 g/mol. The van der Waals surface area contributed by atoms with Gasteiger partial charge < -0.3 is 5.11 Å². The first-order valence-corrected chi connectivity index (χ1v) is 5.18. The molecule has 1 heterocycles. The van der Waals surface area contributed by atoms with Crippen LogP contribution in [0, 0.1) is 24.2 Å². The van der Waals surface area contributed by atoms with Gasteiger partial charge in [-0.25, -0.2) is 0 Å². The van der Waals surface area contributed by atoms with Gasteiger partial charge in [0.2, 0.25) is 0 Å². The van der Waals surface area contributed by atoms with Gasteiger partial charge in [-0.2, -0.15) is 5.26 Å². The highest BCUT2D eigenvalue weighted by Gasteiger charge is 2.21. The molecule has 0 amide bonds. The molecule has 1 rings (SSSR count). The Kier molecular flexibility index (Phi) is 4.26. The van der Waals surface area contributed by atoms with Crippen LogP contribution in [-0.2, 0) is 0 Å². The van der Waals surface area contributed by atoms with Gasteiger partial charge in [-0.05, 0) is 25.0 Å². The van der Waals surface area contributed by atoms with Crippen molar-refractivity contribution in [2.45, 2.75) is 32.8 Å². The van der Waals surface area contributed by atoms with E-state index in [2.05, 4.69) is 11.1 Å². The quantitative estimate of drug-likeness (QED) is 0.819. The lowest BCUT2D eigenvalue weighted by atomic mass is 9.92. The lowest BCUT2D eigenvalue weighted by molar-refractivity contribution is 0.129. The first-order valence-electron chi connectivity index (χ1n) is 5.18. The lowest BCUT2D eigenvalue weighted by Gasteiger charge is -2.17. The van der Waals surface area contributed by atoms with Crippen molar-refractivity contribution in [1.29, 1.82) is 5.26 Å². The van der Waals surface area contributed by atoms with E-state index >= 15 is 0 Å². The number of aryl methyl sites for hydroxylation is 1. The van der Waals surface area contributed by atoms with Gasteiger partial charge in [-0.3, -0.25) is 4.98 Å². The van der Waals surface area contributed by atoms with E-state index in [9.17, 15) is 5.11 Å². The fourth-order valence-corrected chi connectivity index (χ4v) is 1.61. The monoisotopic (exact) mass is 204 g/mol. The van der Waals surface area contributed by atoms with Crippen LogP contribution in [0.2, 0.25) is 0 Å². The molecule has 0 aromatic carbocycles. The summed E-state index contributed by atoms with van der Waals surface area (Å²) in [5.74, 6) is -0.335. The second kappa shape index (κ2) is 5.47. The first kappa shape index (κ1) is 11.7. The summed E-state index contributed by atoms with van der Waals surface area (Å²) in [6, 6.07) is 4.00. The zero-order chi connectivity index (χ0) is 11.3. The predicted octanol–water partition coefficient (Wildman–Crippen LogP) is 2.36. The van der Waals surface area contributed by atoms with Gasteiger partial charge in [0, 0.05) is 18.0 Å². The zero-order valence-electron chi connectivity index (χ0n) is 9.14. The van der Waals surface area contributed by atoms with Crippen molar-refractivity contribution in [3.63, 3.8) is 0 Å². The molecule has 0 aliphatic heterocycles. The Morgan fingerprint density at radius 1 is 1.60 bits per heavy atom. The number of nitriles is 1. The number of aliphatic hydroxyl groups excluding tert-OH is 1. The topological polar surface area (TPSA) is 56.9 Å². The Morgan fingerprint density at radius 2 is 2.33 bits per heavy atom. The molecule has 0 saturated heterocycles. The molecule has 1 N–H and O–H groups in total. The van der Waals surface area contributed by atoms with E-state index in [0.717, 1.165) is 17.5 Å². The summed E-state index contributed by atoms with van der Waals surface area (Å²) in [5.41, 5.74) is 1.74. The number of pyridine rings is 1. The summed E-state index contributed by atoms with van der Waals surface area (Å²) in [7, 11) is 0. The van der Waals surface area contributed by atoms with Gasteiger partial charge in [0.1, 0.15) is 0 Å². The molecule has 2 atom stereocenters. The van der Waals surface area contributed by atoms with Crippen molar-refractivity contribution in [3.05, 3.63) is 29.6 Å². The van der Waals surface area contributed by atoms with Crippen LogP contribution in [0.4, 0.5) is 0 Å². The summed E-state index contributed by atoms with van der Waals surface area (Å²) in [6.45, 7) is 3.92. The van der Waals surface area contributed by atoms with Gasteiger partial charge in [0.05, 0.1) is 18.1 Å². The van der Waals surface area contributed by atoms with Crippen LogP contribution in [0.15, 0.2) is 18.5 Å². The van der Waals surface area contributed by atoms with Crippen molar-refractivity contribution in [1.82, 2.24) is 4.98 Å². The minimum absolute atomic E-state index is 0.335. The third-order valence-corrected chi connectivity index (χ3v) is 2.54. The second-order valence-electron chi connectivity index (χ2n) is 3.70. The number of hydrogen-bond donors (Lipinski definition) is 1. The highest BCUT2D eigenvalue weighted by molar-refractivity contribution is 5.25. The molecular weight excluding hydrogens is 188 g/mol. The maximum atomic E-state index is 10.0. The molecule has 0 radical (unpaired) electrons. The fourth-order valence-electron chi connectivity index (χ4n) is 1.61. The fraction of sp³-hybridized carbons (Fsp3) is 0.500. The highest BCUT2D eigenvalue weighted by atomic mass is 16.3. The van der Waals surface area contributed by atoms with Crippen molar-refractivity contribution in [2.24, 2.45) is 5.92 Å². The van der Waals surface area contributed by atoms with Crippen LogP contribution in [0.3, 0.4) is 0 Å². The summed E-state index contributed by atoms with van der Waals surface area (Å²) in [6.07, 6.45) is 4.22. The molecule has 2 unspecified atom stereocenters. The largest absolute Gasteiger partial charge is 0.387 e. The maximum absolute atomic E-state index is 10.0. The second-order valence-corrected chi connectivity index (χ2v) is 3.70. The summed E-state index contributed by atoms with van der Waals surface area (Å²) >= 11 is 0. The first-order chi connectivity index (χ1) is 7.20. The summed E-state index contributed by atoms with van der Waals surface area (Å²) in [5, 5.41) is 19.0. The van der Waals surface area contributed by atoms with Gasteiger partial charge in [-0.1, -0.05) is 13.3 Å². The SMILES string of the molecule is CCCC(C#N)C(O)c1cnccc1C. The van der Waals surface area contributed by atoms with Crippen molar-refractivity contribution in [3.8, 4) is 6.07 Å². The summed E-state index contributed by atoms with van der Waals surface area (Å²) in [4.78, 5) is 3.97. The highest BCUT2D eigenvalue weighted by Crippen LogP contribution is 2.26. The molecule has 0 spiro atoms. The van der Waals surface area contributed by atoms with E-state index in [1.165, 1.54) is 0 Å². The molecule has 15 heavy (non-hydrogen) atoms. The molecule has 3 heteroatoms. The number of rotatable bonds is 4. The van der Waals surface area contributed by atoms with E-state index in [4.69, 9.17) is 5.26 Å². The molecule has 1 aromatic heterocycles. The van der Waals surface area contributed by atoms with Crippen LogP contribution >= 0.6 is 0 Å². The Balaban J connectivity index is 2.88. The zero-order valence-corrected chi connectivity index (χ0v) is 9.14. The van der Waals surface area contributed by atoms with Gasteiger partial charge in [-0.15, -0.1) is 0 Å². The Bertz CT molecular complexity index is 357. The van der Waals surface area contributed by atoms with E-state index in [0.29, 0.717) is 6.42 Å². The molecule has 0 fully saturated rings. The molecule has 80 valence electrons. The Hall–Kier alpha value is -1.40. The smallest absolute Gasteiger partial charge is 0.0965 e. The van der Waals surface area contributed by atoms with E-state index in [-0.39, 0.29) is 5.92 Å². The van der Waals surface area contributed by atoms with E-state index in [1.54, 1.807) is 12.4 Å². The molecule has 0 aliphatic carbocycles. The van der Waals surface area contributed by atoms with Crippen LogP contribution in [0.1, 0.15) is 37.0 Å². The molecule has 1 aromatic rings. The maximum Gasteiger partial charge on any atom is 0.0965 e. The van der Waals surface area contributed by atoms with E-state index < -0.39 is 6.10 Å². The lowest BCUT2D eigenvalue weighted by Crippen LogP contribution is -2.12. The molecular formula is C12H16N2O. The van der Waals surface area contributed by atoms with Gasteiger partial charge in [0.15, 0.2) is 0 Å². The average Bonchev–Trinajstić information content (AvgIpc) is 2.25. The van der Waals surface area contributed by atoms with Crippen molar-refractivity contribution in [2.75, 3.05) is 0 Å². The van der Waals surface area contributed by atoms with Crippen LogP contribution in [0.25, 0.3) is 0 Å². The van der Waals surface area contributed by atoms with Crippen molar-refractivity contribution >= 4 is 0 Å². The molecule has 3 nitrogen and oxygen atoms in total. The number of nitrogens with zero attached hydrogens (tertiary/aromatic N) is 2. The molecule has 0 saturated carbocycles. The standard InChI is InChI=1S/C12H16N2O/c1-3-4-10(7-13)12(15)11-8-14-6-5-9(11)2/h5-6,8,10,12,15H,3-4H2,1-2H3. The Labute approximate surface area is 90.4 Å². The minimum Gasteiger partial charge on any atom is -0.387 e. The number of aromatic nitrogens is 1. The predicted molar refractivity (Wildman–Crippen MR) is 57.9 cm³/mol. The minimum atomic E-state index is -0.719. The molecule has 0 aliphatic rings. The van der Waals surface area contributed by atoms with Crippen molar-refractivity contribution < 1.29 is 5.11 Å². The third-order valence-electron chi connectivity index (χ3n) is 2.54. The molecule has 0 bridgehead atoms. The van der Waals surface area contributed by atoms with Crippen LogP contribution < -0.4 is 0 Å². The van der Waals surface area contributed by atoms with Crippen LogP contribution in [-0.4, -0.2) is 10.1 Å². The number of aliphatic hydroxyl groups is 1. The number of hydrogen-bond acceptors (Lipinski definition) is 3. The van der Waals surface area contributed by atoms with Gasteiger partial charge in [0.25, 0.3) is 0 Å². The normalized spacial score (nSPS) is 14.3. The van der Waals surface area contributed by atoms with Crippen LogP contribution in [0.5, 0.6) is 0 Å². The van der Waals surface area contributed by atoms with E-state index in [1.807, 2.05) is 19.9 Å².